The molecule has 0 bridgehead atoms. The van der Waals surface area contributed by atoms with Gasteiger partial charge in [-0.2, -0.15) is 0 Å². The maximum absolute atomic E-state index is 11.9. The lowest BCUT2D eigenvalue weighted by Gasteiger charge is -2.24. The van der Waals surface area contributed by atoms with Crippen molar-refractivity contribution in [1.29, 1.82) is 0 Å². The lowest BCUT2D eigenvalue weighted by molar-refractivity contribution is -0.125. The van der Waals surface area contributed by atoms with Crippen molar-refractivity contribution in [3.63, 3.8) is 0 Å². The summed E-state index contributed by atoms with van der Waals surface area (Å²) in [4.78, 5) is 36.6. The molecule has 27 heavy (non-hydrogen) atoms. The Hall–Kier alpha value is -2.64. The van der Waals surface area contributed by atoms with Gasteiger partial charge >= 0.3 is 7.75 Å². The first-order valence-electron chi connectivity index (χ1n) is 8.57. The van der Waals surface area contributed by atoms with Crippen molar-refractivity contribution >= 4 is 24.6 Å². The van der Waals surface area contributed by atoms with Crippen molar-refractivity contribution < 1.29 is 18.8 Å². The molecule has 2 unspecified atom stereocenters. The Morgan fingerprint density at radius 1 is 1.48 bits per heavy atom. The second-order valence-corrected chi connectivity index (χ2v) is 7.70. The second-order valence-electron chi connectivity index (χ2n) is 6.37. The van der Waals surface area contributed by atoms with Crippen LogP contribution in [-0.2, 0) is 15.8 Å². The Bertz CT molecular complexity index is 925. The molecule has 2 atom stereocenters. The van der Waals surface area contributed by atoms with E-state index in [1.807, 2.05) is 6.20 Å². The van der Waals surface area contributed by atoms with E-state index >= 15 is 0 Å². The van der Waals surface area contributed by atoms with E-state index in [2.05, 4.69) is 27.1 Å². The van der Waals surface area contributed by atoms with Crippen molar-refractivity contribution in [2.75, 3.05) is 13.1 Å². The van der Waals surface area contributed by atoms with Crippen molar-refractivity contribution in [3.05, 3.63) is 47.1 Å². The lowest BCUT2D eigenvalue weighted by atomic mass is 9.95. The zero-order valence-corrected chi connectivity index (χ0v) is 15.5. The summed E-state index contributed by atoms with van der Waals surface area (Å²) >= 11 is 0. The number of hydrogen-bond acceptors (Lipinski definition) is 5. The van der Waals surface area contributed by atoms with Gasteiger partial charge in [-0.3, -0.25) is 9.69 Å². The number of fused-ring (bicyclic) bond motifs is 1. The van der Waals surface area contributed by atoms with E-state index in [1.165, 1.54) is 6.07 Å². The molecule has 3 rings (SSSR count). The fourth-order valence-corrected chi connectivity index (χ4v) is 3.58. The van der Waals surface area contributed by atoms with Crippen molar-refractivity contribution in [1.82, 2.24) is 15.6 Å². The monoisotopic (exact) mass is 392 g/mol. The number of carbonyl (C=O) groups excluding carboxylic acids is 1. The van der Waals surface area contributed by atoms with Gasteiger partial charge in [0, 0.05) is 35.9 Å². The molecule has 10 heteroatoms. The van der Waals surface area contributed by atoms with Crippen LogP contribution in [0.1, 0.15) is 18.4 Å². The Kier molecular flexibility index (Phi) is 5.62. The summed E-state index contributed by atoms with van der Waals surface area (Å²) in [6.07, 6.45) is 4.20. The van der Waals surface area contributed by atoms with Crippen LogP contribution in [0.3, 0.4) is 0 Å². The molecule has 0 aliphatic carbocycles. The minimum atomic E-state index is -4.53. The van der Waals surface area contributed by atoms with Gasteiger partial charge in [0.15, 0.2) is 0 Å². The maximum Gasteiger partial charge on any atom is 0.541 e. The van der Waals surface area contributed by atoms with Crippen LogP contribution in [-0.4, -0.2) is 28.9 Å². The van der Waals surface area contributed by atoms with E-state index in [0.717, 1.165) is 29.3 Å². The molecule has 1 aromatic carbocycles. The van der Waals surface area contributed by atoms with Gasteiger partial charge in [0.25, 0.3) is 0 Å². The van der Waals surface area contributed by atoms with E-state index in [4.69, 9.17) is 4.52 Å². The summed E-state index contributed by atoms with van der Waals surface area (Å²) in [5.74, 6) is -0.119. The fraction of sp³-hybridized carbons (Fsp3) is 0.353. The maximum atomic E-state index is 11.9. The zero-order valence-electron chi connectivity index (χ0n) is 14.6. The average molecular weight is 392 g/mol. The van der Waals surface area contributed by atoms with Crippen molar-refractivity contribution in [2.24, 2.45) is 10.9 Å². The molecule has 1 amide bonds. The number of nitrogens with zero attached hydrogens (tertiary/aromatic N) is 1. The Balaban J connectivity index is 1.64. The van der Waals surface area contributed by atoms with Crippen LogP contribution in [0.5, 0.6) is 5.75 Å². The Morgan fingerprint density at radius 2 is 2.30 bits per heavy atom. The number of amides is 1. The molecule has 0 spiro atoms. The highest BCUT2D eigenvalue weighted by Gasteiger charge is 2.24. The van der Waals surface area contributed by atoms with Gasteiger partial charge in [-0.05, 0) is 43.0 Å². The van der Waals surface area contributed by atoms with Gasteiger partial charge in [0.05, 0.1) is 10.9 Å². The van der Waals surface area contributed by atoms with Crippen LogP contribution in [0.4, 0.5) is 0 Å². The fourth-order valence-electron chi connectivity index (χ4n) is 3.16. The number of nitroso groups, excluding NO2 is 1. The molecule has 144 valence electrons. The average Bonchev–Trinajstić information content (AvgIpc) is 3.04. The molecular formula is C17H21N4O5P. The highest BCUT2D eigenvalue weighted by Crippen LogP contribution is 2.44. The second kappa shape index (κ2) is 7.94. The SMILES string of the molecule is C=C(NCCc1c[nH]c2ccc(OP(=O)(O)N=O)cc12)C1CCCNC1=O. The van der Waals surface area contributed by atoms with Crippen LogP contribution in [0, 0.1) is 10.8 Å². The van der Waals surface area contributed by atoms with Crippen LogP contribution >= 0.6 is 7.75 Å². The molecule has 0 radical (unpaired) electrons. The zero-order chi connectivity index (χ0) is 19.4. The molecular weight excluding hydrogens is 371 g/mol. The predicted molar refractivity (Wildman–Crippen MR) is 101 cm³/mol. The third kappa shape index (κ3) is 4.56. The molecule has 9 nitrogen and oxygen atoms in total. The van der Waals surface area contributed by atoms with Gasteiger partial charge in [-0.25, -0.2) is 4.57 Å². The molecule has 1 saturated heterocycles. The lowest BCUT2D eigenvalue weighted by Crippen LogP contribution is -2.40. The molecule has 1 aliphatic heterocycles. The summed E-state index contributed by atoms with van der Waals surface area (Å²) in [6, 6.07) is 4.76. The van der Waals surface area contributed by atoms with Crippen LogP contribution in [0.2, 0.25) is 0 Å². The van der Waals surface area contributed by atoms with Gasteiger partial charge in [-0.1, -0.05) is 6.58 Å². The minimum absolute atomic E-state index is 0.00450. The number of nitrogens with one attached hydrogen (secondary N) is 3. The molecule has 1 aromatic heterocycles. The number of piperidine rings is 1. The summed E-state index contributed by atoms with van der Waals surface area (Å²) in [5, 5.41) is 6.85. The van der Waals surface area contributed by atoms with Gasteiger partial charge < -0.3 is 20.1 Å². The summed E-state index contributed by atoms with van der Waals surface area (Å²) in [6.45, 7) is 5.26. The standard InChI is InChI=1S/C17H21N4O5P/c1-11(14-3-2-7-19-17(14)22)18-8-6-12-10-20-16-5-4-13(9-15(12)16)26-27(24,25)21-23/h4-5,9-10,14,18,20H,1-3,6-8H2,(H,19,22)(H,24,25). The van der Waals surface area contributed by atoms with Crippen LogP contribution < -0.4 is 15.2 Å². The number of rotatable bonds is 8. The number of aromatic amines is 1. The highest BCUT2D eigenvalue weighted by molar-refractivity contribution is 7.51. The molecule has 2 aromatic rings. The number of carbonyl (C=O) groups is 1. The molecule has 1 fully saturated rings. The quantitative estimate of drug-likeness (QED) is 0.403. The first-order valence-corrected chi connectivity index (χ1v) is 10.1. The number of aromatic nitrogens is 1. The van der Waals surface area contributed by atoms with E-state index in [0.29, 0.717) is 25.2 Å². The number of H-pyrrole nitrogens is 1. The van der Waals surface area contributed by atoms with E-state index in [9.17, 15) is 19.2 Å². The third-order valence-electron chi connectivity index (χ3n) is 4.52. The van der Waals surface area contributed by atoms with Crippen LogP contribution in [0.25, 0.3) is 10.9 Å². The van der Waals surface area contributed by atoms with Gasteiger partial charge in [-0.15, -0.1) is 4.91 Å². The summed E-state index contributed by atoms with van der Waals surface area (Å²) in [5.41, 5.74) is 2.49. The van der Waals surface area contributed by atoms with Gasteiger partial charge in [0.1, 0.15) is 5.75 Å². The molecule has 2 heterocycles. The van der Waals surface area contributed by atoms with Crippen molar-refractivity contribution in [2.45, 2.75) is 19.3 Å². The number of benzene rings is 1. The topological polar surface area (TPSA) is 133 Å². The van der Waals surface area contributed by atoms with E-state index < -0.39 is 7.75 Å². The van der Waals surface area contributed by atoms with E-state index in [1.54, 1.807) is 12.1 Å². The highest BCUT2D eigenvalue weighted by atomic mass is 31.2. The minimum Gasteiger partial charge on any atom is -0.406 e. The molecule has 0 saturated carbocycles. The summed E-state index contributed by atoms with van der Waals surface area (Å²) in [7, 11) is -4.53. The van der Waals surface area contributed by atoms with Crippen LogP contribution in [0.15, 0.2) is 41.6 Å². The van der Waals surface area contributed by atoms with Gasteiger partial charge in [0.2, 0.25) is 5.91 Å². The number of hydrogen-bond donors (Lipinski definition) is 4. The Labute approximate surface area is 155 Å². The smallest absolute Gasteiger partial charge is 0.406 e. The predicted octanol–water partition coefficient (Wildman–Crippen LogP) is 2.59. The Morgan fingerprint density at radius 3 is 3.04 bits per heavy atom. The first kappa shape index (κ1) is 19.1. The largest absolute Gasteiger partial charge is 0.541 e. The first-order chi connectivity index (χ1) is 12.9. The summed E-state index contributed by atoms with van der Waals surface area (Å²) < 4.78 is 16.1. The van der Waals surface area contributed by atoms with E-state index in [-0.39, 0.29) is 17.6 Å². The normalized spacial score (nSPS) is 19.1. The molecule has 1 aliphatic rings. The van der Waals surface area contributed by atoms with Crippen molar-refractivity contribution in [3.8, 4) is 5.75 Å². The third-order valence-corrected chi connectivity index (χ3v) is 5.17. The molecule has 4 N–H and O–H groups in total.